The van der Waals surface area contributed by atoms with Gasteiger partial charge in [-0.3, -0.25) is 68.6 Å². The topological polar surface area (TPSA) is 222 Å². The Balaban J connectivity index is 0.000000198. The smallest absolute Gasteiger partial charge is 0.410 e. The molecule has 20 nitrogen and oxygen atoms in total. The zero-order valence-corrected chi connectivity index (χ0v) is 37.6. The summed E-state index contributed by atoms with van der Waals surface area (Å²) in [5.74, 6) is -3.92. The van der Waals surface area contributed by atoms with Crippen LogP contribution in [-0.2, 0) is 23.9 Å². The van der Waals surface area contributed by atoms with Crippen LogP contribution in [0.15, 0.2) is 36.4 Å². The lowest BCUT2D eigenvalue weighted by Crippen LogP contribution is -2.54. The molecule has 6 heterocycles. The summed E-state index contributed by atoms with van der Waals surface area (Å²) in [5.41, 5.74) is 2.41. The highest BCUT2D eigenvalue weighted by Gasteiger charge is 2.46. The van der Waals surface area contributed by atoms with Crippen LogP contribution in [0, 0.1) is 0 Å². The molecule has 0 spiro atoms. The fourth-order valence-corrected chi connectivity index (χ4v) is 8.76. The molecule has 0 saturated carbocycles. The first kappa shape index (κ1) is 46.7. The molecule has 65 heavy (non-hydrogen) atoms. The fourth-order valence-electron chi connectivity index (χ4n) is 8.76. The molecule has 4 fully saturated rings. The van der Waals surface area contributed by atoms with Crippen molar-refractivity contribution in [3.63, 3.8) is 0 Å². The van der Waals surface area contributed by atoms with Crippen LogP contribution in [0.2, 0.25) is 0 Å². The highest BCUT2D eigenvalue weighted by molar-refractivity contribution is 6.24. The number of anilines is 2. The molecule has 0 radical (unpaired) electrons. The average Bonchev–Trinajstić information content (AvgIpc) is 3.67. The molecule has 20 heteroatoms. The molecule has 3 N–H and O–H groups in total. The van der Waals surface area contributed by atoms with Crippen molar-refractivity contribution in [1.29, 1.82) is 0 Å². The lowest BCUT2D eigenvalue weighted by molar-refractivity contribution is -0.137. The maximum atomic E-state index is 13.1. The molecule has 0 aromatic heterocycles. The zero-order valence-electron chi connectivity index (χ0n) is 37.6. The van der Waals surface area contributed by atoms with Gasteiger partial charge in [-0.1, -0.05) is 0 Å². The lowest BCUT2D eigenvalue weighted by atomic mass is 10.0. The summed E-state index contributed by atoms with van der Waals surface area (Å²) in [4.78, 5) is 124. The predicted octanol–water partition coefficient (Wildman–Crippen LogP) is 0.506. The van der Waals surface area contributed by atoms with Crippen molar-refractivity contribution in [3.05, 3.63) is 58.7 Å². The van der Waals surface area contributed by atoms with E-state index < -0.39 is 59.0 Å². The summed E-state index contributed by atoms with van der Waals surface area (Å²) in [6.07, 6.45) is 0.163. The highest BCUT2D eigenvalue weighted by Crippen LogP contribution is 2.33. The molecule has 2 unspecified atom stereocenters. The van der Waals surface area contributed by atoms with Crippen LogP contribution in [0.3, 0.4) is 0 Å². The molecule has 0 aliphatic carbocycles. The summed E-state index contributed by atoms with van der Waals surface area (Å²) in [6, 6.07) is 8.56. The molecule has 9 amide bonds. The van der Waals surface area contributed by atoms with Gasteiger partial charge in [0.05, 0.1) is 22.3 Å². The summed E-state index contributed by atoms with van der Waals surface area (Å²) in [5, 5.41) is 7.58. The Morgan fingerprint density at radius 2 is 1.06 bits per heavy atom. The maximum absolute atomic E-state index is 13.1. The maximum Gasteiger partial charge on any atom is 0.410 e. The van der Waals surface area contributed by atoms with Gasteiger partial charge in [-0.05, 0) is 77.1 Å². The van der Waals surface area contributed by atoms with Gasteiger partial charge in [0, 0.05) is 110 Å². The third kappa shape index (κ3) is 10.3. The van der Waals surface area contributed by atoms with Gasteiger partial charge in [-0.2, -0.15) is 0 Å². The summed E-state index contributed by atoms with van der Waals surface area (Å²) >= 11 is 0. The molecule has 2 atom stereocenters. The third-order valence-electron chi connectivity index (χ3n) is 12.5. The van der Waals surface area contributed by atoms with Gasteiger partial charge in [0.1, 0.15) is 17.7 Å². The van der Waals surface area contributed by atoms with Gasteiger partial charge in [0.15, 0.2) is 0 Å². The van der Waals surface area contributed by atoms with E-state index in [2.05, 4.69) is 35.6 Å². The molecule has 8 rings (SSSR count). The second-order valence-electron chi connectivity index (χ2n) is 18.0. The molecular weight excluding hydrogens is 841 g/mol. The second kappa shape index (κ2) is 19.5. The number of piperazine rings is 2. The highest BCUT2D eigenvalue weighted by atomic mass is 16.6. The first-order chi connectivity index (χ1) is 30.9. The molecule has 6 aliphatic heterocycles. The standard InChI is InChI=1S/C25H33N5O6.C20H25N5O4/c1-25(2,3)36-24(35)27(4)9-10-28-11-13-29(14-12-28)16-5-6-17-18(15-16)23(34)30(22(17)33)19-7-8-20(31)26-21(19)32;1-21-6-7-23-8-10-24(11-9-23)13-2-3-14-15(12-13)20(29)25(19(14)28)16-4-5-17(26)22-18(16)27/h5-6,15,19H,7-14H2,1-4H3,(H,26,31,32);2-3,12,16,21H,4-11H2,1H3,(H,22,26,27). The Bertz CT molecular complexity index is 2260. The molecule has 2 aromatic carbocycles. The second-order valence-corrected chi connectivity index (χ2v) is 18.0. The number of ether oxygens (including phenoxy) is 1. The van der Waals surface area contributed by atoms with E-state index in [1.165, 1.54) is 0 Å². The number of nitrogens with one attached hydrogen (secondary N) is 3. The van der Waals surface area contributed by atoms with E-state index >= 15 is 0 Å². The van der Waals surface area contributed by atoms with Crippen molar-refractivity contribution in [2.24, 2.45) is 0 Å². The van der Waals surface area contributed by atoms with E-state index in [0.29, 0.717) is 17.7 Å². The summed E-state index contributed by atoms with van der Waals surface area (Å²) < 4.78 is 5.39. The number of hydrogen-bond donors (Lipinski definition) is 3. The van der Waals surface area contributed by atoms with Crippen molar-refractivity contribution < 1.29 is 47.9 Å². The number of hydrogen-bond acceptors (Lipinski definition) is 15. The van der Waals surface area contributed by atoms with Crippen molar-refractivity contribution in [1.82, 2.24) is 40.4 Å². The van der Waals surface area contributed by atoms with Crippen LogP contribution in [0.1, 0.15) is 87.9 Å². The van der Waals surface area contributed by atoms with E-state index in [1.807, 2.05) is 40.0 Å². The minimum Gasteiger partial charge on any atom is -0.444 e. The average molecular weight is 899 g/mol. The van der Waals surface area contributed by atoms with Crippen LogP contribution in [-0.4, -0.2) is 188 Å². The van der Waals surface area contributed by atoms with Crippen LogP contribution < -0.4 is 25.8 Å². The predicted molar refractivity (Wildman–Crippen MR) is 236 cm³/mol. The number of carbonyl (C=O) groups excluding carboxylic acids is 9. The monoisotopic (exact) mass is 898 g/mol. The van der Waals surface area contributed by atoms with Gasteiger partial charge in [0.2, 0.25) is 23.6 Å². The number of carbonyl (C=O) groups is 9. The summed E-state index contributed by atoms with van der Waals surface area (Å²) in [6.45, 7) is 15.4. The first-order valence-electron chi connectivity index (χ1n) is 22.2. The van der Waals surface area contributed by atoms with Crippen molar-refractivity contribution in [2.75, 3.05) is 102 Å². The van der Waals surface area contributed by atoms with E-state index in [-0.39, 0.29) is 48.8 Å². The lowest BCUT2D eigenvalue weighted by Gasteiger charge is -2.37. The SMILES string of the molecule is CN(CCN1CCN(c2ccc3c(c2)C(=O)N(C2CCC(=O)NC2=O)C3=O)CC1)C(=O)OC(C)(C)C.CNCCN1CCN(c2ccc3c(c2)C(=O)N(C2CCC(=O)NC2=O)C3=O)CC1. The summed E-state index contributed by atoms with van der Waals surface area (Å²) in [7, 11) is 3.67. The quantitative estimate of drug-likeness (QED) is 0.277. The number of fused-ring (bicyclic) bond motifs is 2. The Morgan fingerprint density at radius 3 is 1.46 bits per heavy atom. The number of benzene rings is 2. The zero-order chi connectivity index (χ0) is 46.7. The van der Waals surface area contributed by atoms with Crippen molar-refractivity contribution in [2.45, 2.75) is 64.1 Å². The fraction of sp³-hybridized carbons (Fsp3) is 0.533. The number of rotatable bonds is 10. The van der Waals surface area contributed by atoms with E-state index in [9.17, 15) is 43.2 Å². The molecule has 6 aliphatic rings. The van der Waals surface area contributed by atoms with Gasteiger partial charge >= 0.3 is 6.09 Å². The van der Waals surface area contributed by atoms with E-state index in [0.717, 1.165) is 93.2 Å². The van der Waals surface area contributed by atoms with E-state index in [4.69, 9.17) is 4.74 Å². The molecular formula is C45H58N10O10. The van der Waals surface area contributed by atoms with Crippen molar-refractivity contribution >= 4 is 64.7 Å². The Morgan fingerprint density at radius 1 is 0.646 bits per heavy atom. The number of likely N-dealkylation sites (N-methyl/N-ethyl adjacent to an activating group) is 2. The van der Waals surface area contributed by atoms with Crippen LogP contribution >= 0.6 is 0 Å². The number of nitrogens with zero attached hydrogens (tertiary/aromatic N) is 7. The first-order valence-corrected chi connectivity index (χ1v) is 22.2. The Labute approximate surface area is 377 Å². The largest absolute Gasteiger partial charge is 0.444 e. The van der Waals surface area contributed by atoms with Gasteiger partial charge in [0.25, 0.3) is 23.6 Å². The van der Waals surface area contributed by atoms with Gasteiger partial charge in [-0.25, -0.2) is 4.79 Å². The van der Waals surface area contributed by atoms with Crippen LogP contribution in [0.5, 0.6) is 0 Å². The van der Waals surface area contributed by atoms with Gasteiger partial charge in [-0.15, -0.1) is 0 Å². The Hall–Kier alpha value is -6.25. The third-order valence-corrected chi connectivity index (χ3v) is 12.5. The minimum absolute atomic E-state index is 0.0902. The van der Waals surface area contributed by atoms with Gasteiger partial charge < -0.3 is 24.8 Å². The Kier molecular flexibility index (Phi) is 14.0. The van der Waals surface area contributed by atoms with Crippen molar-refractivity contribution in [3.8, 4) is 0 Å². The minimum atomic E-state index is -0.971. The molecule has 4 saturated heterocycles. The molecule has 0 bridgehead atoms. The number of piperidine rings is 2. The number of amides is 9. The number of imide groups is 4. The van der Waals surface area contributed by atoms with Crippen LogP contribution in [0.25, 0.3) is 0 Å². The molecule has 348 valence electrons. The normalized spacial score (nSPS) is 21.8. The molecule has 2 aromatic rings. The van der Waals surface area contributed by atoms with E-state index in [1.54, 1.807) is 36.2 Å². The van der Waals surface area contributed by atoms with Crippen LogP contribution in [0.4, 0.5) is 16.2 Å².